The molecule has 3 nitrogen and oxygen atoms in total. The number of nitrogens with zero attached hydrogens (tertiary/aromatic N) is 3. The first-order valence-corrected chi connectivity index (χ1v) is 7.37. The Kier molecular flexibility index (Phi) is 3.84. The van der Waals surface area contributed by atoms with Gasteiger partial charge in [0.1, 0.15) is 11.0 Å². The van der Waals surface area contributed by atoms with Gasteiger partial charge in [-0.15, -0.1) is 0 Å². The first-order chi connectivity index (χ1) is 10.1. The largest absolute Gasteiger partial charge is 0.252 e. The van der Waals surface area contributed by atoms with E-state index in [0.717, 1.165) is 28.1 Å². The average Bonchev–Trinajstić information content (AvgIpc) is 2.46. The molecule has 2 heterocycles. The number of hydrogen-bond donors (Lipinski definition) is 0. The summed E-state index contributed by atoms with van der Waals surface area (Å²) in [7, 11) is 0. The molecule has 3 aromatic rings. The molecule has 0 amide bonds. The average molecular weight is 298 g/mol. The van der Waals surface area contributed by atoms with Gasteiger partial charge in [0.05, 0.1) is 11.2 Å². The summed E-state index contributed by atoms with van der Waals surface area (Å²) >= 11 is 6.08. The van der Waals surface area contributed by atoms with Crippen LogP contribution in [0.2, 0.25) is 5.15 Å². The molecule has 106 valence electrons. The molecule has 0 spiro atoms. The van der Waals surface area contributed by atoms with Crippen molar-refractivity contribution >= 4 is 22.5 Å². The molecular weight excluding hydrogens is 282 g/mol. The van der Waals surface area contributed by atoms with E-state index < -0.39 is 0 Å². The van der Waals surface area contributed by atoms with Crippen molar-refractivity contribution in [3.8, 4) is 0 Å². The van der Waals surface area contributed by atoms with Crippen LogP contribution in [0, 0.1) is 0 Å². The zero-order valence-corrected chi connectivity index (χ0v) is 12.8. The van der Waals surface area contributed by atoms with Crippen molar-refractivity contribution in [3.05, 3.63) is 64.8 Å². The zero-order valence-electron chi connectivity index (χ0n) is 12.0. The number of aromatic nitrogens is 3. The molecule has 0 saturated heterocycles. The number of pyridine rings is 1. The summed E-state index contributed by atoms with van der Waals surface area (Å²) < 4.78 is 0. The lowest BCUT2D eigenvalue weighted by atomic mass is 10.1. The molecule has 1 aromatic carbocycles. The molecule has 0 radical (unpaired) electrons. The molecule has 4 heteroatoms. The first kappa shape index (κ1) is 14.0. The van der Waals surface area contributed by atoms with Gasteiger partial charge in [0.25, 0.3) is 0 Å². The van der Waals surface area contributed by atoms with Crippen molar-refractivity contribution < 1.29 is 0 Å². The molecule has 0 atom stereocenters. The van der Waals surface area contributed by atoms with Crippen LogP contribution in [0.5, 0.6) is 0 Å². The van der Waals surface area contributed by atoms with Crippen LogP contribution < -0.4 is 0 Å². The lowest BCUT2D eigenvalue weighted by Crippen LogP contribution is -2.03. The molecule has 0 fully saturated rings. The predicted molar refractivity (Wildman–Crippen MR) is 85.7 cm³/mol. The second kappa shape index (κ2) is 5.78. The Morgan fingerprint density at radius 1 is 0.952 bits per heavy atom. The van der Waals surface area contributed by atoms with Gasteiger partial charge >= 0.3 is 0 Å². The first-order valence-electron chi connectivity index (χ1n) is 7.00. The number of rotatable bonds is 3. The predicted octanol–water partition coefficient (Wildman–Crippen LogP) is 4.39. The fourth-order valence-corrected chi connectivity index (χ4v) is 2.44. The molecule has 0 bridgehead atoms. The Balaban J connectivity index is 1.94. The van der Waals surface area contributed by atoms with Crippen molar-refractivity contribution in [1.29, 1.82) is 0 Å². The van der Waals surface area contributed by atoms with E-state index in [1.54, 1.807) is 0 Å². The fourth-order valence-electron chi connectivity index (χ4n) is 2.22. The molecule has 0 aliphatic rings. The van der Waals surface area contributed by atoms with Gasteiger partial charge in [0.2, 0.25) is 0 Å². The second-order valence-electron chi connectivity index (χ2n) is 5.37. The Morgan fingerprint density at radius 2 is 1.76 bits per heavy atom. The van der Waals surface area contributed by atoms with Crippen LogP contribution in [-0.2, 0) is 6.42 Å². The van der Waals surface area contributed by atoms with Gasteiger partial charge in [0.15, 0.2) is 0 Å². The smallest absolute Gasteiger partial charge is 0.133 e. The van der Waals surface area contributed by atoms with Crippen LogP contribution in [-0.4, -0.2) is 15.0 Å². The third-order valence-corrected chi connectivity index (χ3v) is 3.49. The topological polar surface area (TPSA) is 38.7 Å². The van der Waals surface area contributed by atoms with Crippen LogP contribution in [0.4, 0.5) is 0 Å². The summed E-state index contributed by atoms with van der Waals surface area (Å²) in [4.78, 5) is 13.5. The number of halogens is 1. The molecular formula is C17H16ClN3. The minimum absolute atomic E-state index is 0.256. The van der Waals surface area contributed by atoms with Crippen LogP contribution in [0.3, 0.4) is 0 Å². The molecule has 0 aliphatic heterocycles. The molecule has 0 N–H and O–H groups in total. The SMILES string of the molecule is CC(C)c1nc(Cl)cc(Cc2ccc3ccccc3n2)n1. The molecule has 2 aromatic heterocycles. The van der Waals surface area contributed by atoms with Gasteiger partial charge in [-0.2, -0.15) is 0 Å². The van der Waals surface area contributed by atoms with Crippen molar-refractivity contribution in [2.75, 3.05) is 0 Å². The highest BCUT2D eigenvalue weighted by Crippen LogP contribution is 2.17. The van der Waals surface area contributed by atoms with E-state index >= 15 is 0 Å². The van der Waals surface area contributed by atoms with Gasteiger partial charge in [-0.1, -0.05) is 49.7 Å². The fraction of sp³-hybridized carbons (Fsp3) is 0.235. The summed E-state index contributed by atoms with van der Waals surface area (Å²) in [5, 5.41) is 1.63. The van der Waals surface area contributed by atoms with Gasteiger partial charge in [-0.25, -0.2) is 9.97 Å². The van der Waals surface area contributed by atoms with Crippen LogP contribution in [0.25, 0.3) is 10.9 Å². The zero-order chi connectivity index (χ0) is 14.8. The van der Waals surface area contributed by atoms with E-state index in [1.807, 2.05) is 30.3 Å². The van der Waals surface area contributed by atoms with Gasteiger partial charge in [-0.05, 0) is 18.2 Å². The maximum Gasteiger partial charge on any atom is 0.133 e. The van der Waals surface area contributed by atoms with Crippen molar-refractivity contribution in [3.63, 3.8) is 0 Å². The van der Waals surface area contributed by atoms with Gasteiger partial charge in [0, 0.05) is 23.4 Å². The summed E-state index contributed by atoms with van der Waals surface area (Å²) in [5.74, 6) is 1.03. The maximum absolute atomic E-state index is 6.08. The van der Waals surface area contributed by atoms with Gasteiger partial charge in [-0.3, -0.25) is 4.98 Å². The Morgan fingerprint density at radius 3 is 2.57 bits per heavy atom. The van der Waals surface area contributed by atoms with Crippen molar-refractivity contribution in [2.24, 2.45) is 0 Å². The van der Waals surface area contributed by atoms with E-state index in [2.05, 4.69) is 40.9 Å². The minimum Gasteiger partial charge on any atom is -0.252 e. The third-order valence-electron chi connectivity index (χ3n) is 3.30. The maximum atomic E-state index is 6.08. The number of hydrogen-bond acceptors (Lipinski definition) is 3. The van der Waals surface area contributed by atoms with E-state index in [1.165, 1.54) is 0 Å². The Hall–Kier alpha value is -2.00. The van der Waals surface area contributed by atoms with Gasteiger partial charge < -0.3 is 0 Å². The Bertz CT molecular complexity index is 784. The third kappa shape index (κ3) is 3.19. The number of benzene rings is 1. The standard InChI is InChI=1S/C17H16ClN3/c1-11(2)17-20-14(10-16(18)21-17)9-13-8-7-12-5-3-4-6-15(12)19-13/h3-8,10-11H,9H2,1-2H3. The van der Waals surface area contributed by atoms with Crippen molar-refractivity contribution in [2.45, 2.75) is 26.2 Å². The summed E-state index contributed by atoms with van der Waals surface area (Å²) in [6, 6.07) is 14.0. The highest BCUT2D eigenvalue weighted by molar-refractivity contribution is 6.29. The highest BCUT2D eigenvalue weighted by atomic mass is 35.5. The summed E-state index contributed by atoms with van der Waals surface area (Å²) in [6.45, 7) is 4.12. The van der Waals surface area contributed by atoms with Crippen molar-refractivity contribution in [1.82, 2.24) is 15.0 Å². The minimum atomic E-state index is 0.256. The molecule has 21 heavy (non-hydrogen) atoms. The van der Waals surface area contributed by atoms with E-state index in [-0.39, 0.29) is 5.92 Å². The highest BCUT2D eigenvalue weighted by Gasteiger charge is 2.08. The summed E-state index contributed by atoms with van der Waals surface area (Å²) in [5.41, 5.74) is 2.89. The van der Waals surface area contributed by atoms with E-state index in [0.29, 0.717) is 11.6 Å². The number of para-hydroxylation sites is 1. The summed E-state index contributed by atoms with van der Waals surface area (Å²) in [6.07, 6.45) is 0.660. The van der Waals surface area contributed by atoms with Crippen LogP contribution in [0.15, 0.2) is 42.5 Å². The Labute approximate surface area is 129 Å². The molecule has 0 aliphatic carbocycles. The second-order valence-corrected chi connectivity index (χ2v) is 5.75. The monoisotopic (exact) mass is 297 g/mol. The van der Waals surface area contributed by atoms with Crippen LogP contribution >= 0.6 is 11.6 Å². The molecule has 3 rings (SSSR count). The number of fused-ring (bicyclic) bond motifs is 1. The lowest BCUT2D eigenvalue weighted by molar-refractivity contribution is 0.760. The quantitative estimate of drug-likeness (QED) is 0.673. The lowest BCUT2D eigenvalue weighted by Gasteiger charge is -2.08. The normalized spacial score (nSPS) is 11.2. The van der Waals surface area contributed by atoms with Crippen LogP contribution in [0.1, 0.15) is 37.0 Å². The molecule has 0 unspecified atom stereocenters. The molecule has 0 saturated carbocycles. The van der Waals surface area contributed by atoms with E-state index in [9.17, 15) is 0 Å². The van der Waals surface area contributed by atoms with E-state index in [4.69, 9.17) is 11.6 Å².